The summed E-state index contributed by atoms with van der Waals surface area (Å²) in [5, 5.41) is 2.55. The van der Waals surface area contributed by atoms with Crippen molar-refractivity contribution >= 4 is 33.2 Å². The standard InChI is InChI=1S/C20H20ClF2N3O5S/c1-2-25-7-9-26(10-8-25)32(28,29)14-4-5-16(21)15(12-14)19(27)24-13-3-6-17-18(11-13)31-20(22,23)30-17/h3-6,11-12H,2,7-10H2,1H3,(H,24,27). The van der Waals surface area contributed by atoms with Gasteiger partial charge in [0.1, 0.15) is 0 Å². The molecule has 0 bridgehead atoms. The normalized spacial score (nSPS) is 18.5. The van der Waals surface area contributed by atoms with Crippen LogP contribution < -0.4 is 14.8 Å². The highest BCUT2D eigenvalue weighted by atomic mass is 35.5. The Morgan fingerprint density at radius 1 is 1.09 bits per heavy atom. The van der Waals surface area contributed by atoms with Gasteiger partial charge < -0.3 is 19.7 Å². The Labute approximate surface area is 188 Å². The molecule has 1 saturated heterocycles. The van der Waals surface area contributed by atoms with E-state index in [1.54, 1.807) is 0 Å². The first-order chi connectivity index (χ1) is 15.1. The molecule has 2 aliphatic heterocycles. The van der Waals surface area contributed by atoms with Gasteiger partial charge in [-0.1, -0.05) is 18.5 Å². The number of amides is 1. The second kappa shape index (κ2) is 8.47. The number of rotatable bonds is 5. The molecular weight excluding hydrogens is 468 g/mol. The SMILES string of the molecule is CCN1CCN(S(=O)(=O)c2ccc(Cl)c(C(=O)Nc3ccc4c(c3)OC(F)(F)O4)c2)CC1. The van der Waals surface area contributed by atoms with E-state index in [1.165, 1.54) is 40.7 Å². The maximum absolute atomic E-state index is 13.2. The van der Waals surface area contributed by atoms with Gasteiger partial charge in [-0.3, -0.25) is 4.79 Å². The molecule has 1 amide bonds. The van der Waals surface area contributed by atoms with Crippen LogP contribution in [0.4, 0.5) is 14.5 Å². The molecule has 172 valence electrons. The predicted octanol–water partition coefficient (Wildman–Crippen LogP) is 3.24. The van der Waals surface area contributed by atoms with E-state index >= 15 is 0 Å². The van der Waals surface area contributed by atoms with Crippen molar-refractivity contribution in [3.63, 3.8) is 0 Å². The smallest absolute Gasteiger partial charge is 0.395 e. The average molecular weight is 488 g/mol. The number of carbonyl (C=O) groups is 1. The van der Waals surface area contributed by atoms with Crippen LogP contribution in [0, 0.1) is 0 Å². The van der Waals surface area contributed by atoms with Gasteiger partial charge in [-0.15, -0.1) is 8.78 Å². The van der Waals surface area contributed by atoms with Crippen molar-refractivity contribution < 1.29 is 31.5 Å². The Bertz CT molecular complexity index is 1150. The average Bonchev–Trinajstić information content (AvgIpc) is 3.07. The molecule has 2 aliphatic rings. The predicted molar refractivity (Wildman–Crippen MR) is 113 cm³/mol. The van der Waals surface area contributed by atoms with Crippen LogP contribution in [0.3, 0.4) is 0 Å². The lowest BCUT2D eigenvalue weighted by Gasteiger charge is -2.33. The Kier molecular flexibility index (Phi) is 6.01. The van der Waals surface area contributed by atoms with E-state index < -0.39 is 22.2 Å². The van der Waals surface area contributed by atoms with E-state index in [2.05, 4.69) is 19.7 Å². The highest BCUT2D eigenvalue weighted by Gasteiger charge is 2.43. The fraction of sp³-hybridized carbons (Fsp3) is 0.350. The summed E-state index contributed by atoms with van der Waals surface area (Å²) in [5.41, 5.74) is 0.0815. The molecule has 12 heteroatoms. The Morgan fingerprint density at radius 2 is 1.78 bits per heavy atom. The van der Waals surface area contributed by atoms with Crippen LogP contribution in [0.25, 0.3) is 0 Å². The number of halogens is 3. The molecular formula is C20H20ClF2N3O5S. The lowest BCUT2D eigenvalue weighted by atomic mass is 10.2. The van der Waals surface area contributed by atoms with Crippen LogP contribution in [0.5, 0.6) is 11.5 Å². The van der Waals surface area contributed by atoms with Gasteiger partial charge in [0.25, 0.3) is 5.91 Å². The first kappa shape index (κ1) is 22.7. The molecule has 0 atom stereocenters. The zero-order valence-corrected chi connectivity index (χ0v) is 18.5. The zero-order valence-electron chi connectivity index (χ0n) is 17.0. The Morgan fingerprint density at radius 3 is 2.47 bits per heavy atom. The molecule has 0 radical (unpaired) electrons. The molecule has 0 spiro atoms. The topological polar surface area (TPSA) is 88.2 Å². The summed E-state index contributed by atoms with van der Waals surface area (Å²) in [6.07, 6.45) is -3.78. The van der Waals surface area contributed by atoms with Gasteiger partial charge in [0.15, 0.2) is 11.5 Å². The van der Waals surface area contributed by atoms with Crippen molar-refractivity contribution in [1.82, 2.24) is 9.21 Å². The number of fused-ring (bicyclic) bond motifs is 1. The number of nitrogens with zero attached hydrogens (tertiary/aromatic N) is 2. The van der Waals surface area contributed by atoms with Gasteiger partial charge in [0.05, 0.1) is 15.5 Å². The van der Waals surface area contributed by atoms with E-state index in [4.69, 9.17) is 11.6 Å². The lowest BCUT2D eigenvalue weighted by molar-refractivity contribution is -0.286. The van der Waals surface area contributed by atoms with Crippen LogP contribution in [0.1, 0.15) is 17.3 Å². The number of anilines is 1. The molecule has 1 fully saturated rings. The van der Waals surface area contributed by atoms with Crippen molar-refractivity contribution in [2.24, 2.45) is 0 Å². The van der Waals surface area contributed by atoms with Gasteiger partial charge in [0, 0.05) is 37.9 Å². The van der Waals surface area contributed by atoms with Gasteiger partial charge in [0.2, 0.25) is 10.0 Å². The summed E-state index contributed by atoms with van der Waals surface area (Å²) < 4.78 is 62.5. The van der Waals surface area contributed by atoms with Gasteiger partial charge >= 0.3 is 6.29 Å². The highest BCUT2D eigenvalue weighted by Crippen LogP contribution is 2.42. The second-order valence-electron chi connectivity index (χ2n) is 7.26. The molecule has 4 rings (SSSR count). The molecule has 32 heavy (non-hydrogen) atoms. The summed E-state index contributed by atoms with van der Waals surface area (Å²) in [6, 6.07) is 7.65. The molecule has 8 nitrogen and oxygen atoms in total. The van der Waals surface area contributed by atoms with Crippen LogP contribution in [0.2, 0.25) is 5.02 Å². The first-order valence-corrected chi connectivity index (χ1v) is 11.6. The van der Waals surface area contributed by atoms with Crippen molar-refractivity contribution in [3.8, 4) is 11.5 Å². The van der Waals surface area contributed by atoms with Crippen molar-refractivity contribution in [2.45, 2.75) is 18.1 Å². The summed E-state index contributed by atoms with van der Waals surface area (Å²) in [5.74, 6) is -1.10. The summed E-state index contributed by atoms with van der Waals surface area (Å²) in [4.78, 5) is 14.9. The fourth-order valence-electron chi connectivity index (χ4n) is 3.50. The fourth-order valence-corrected chi connectivity index (χ4v) is 5.15. The van der Waals surface area contributed by atoms with E-state index in [0.717, 1.165) is 6.54 Å². The number of ether oxygens (including phenoxy) is 2. The highest BCUT2D eigenvalue weighted by molar-refractivity contribution is 7.89. The van der Waals surface area contributed by atoms with Crippen LogP contribution in [-0.2, 0) is 10.0 Å². The Balaban J connectivity index is 1.54. The number of benzene rings is 2. The summed E-state index contributed by atoms with van der Waals surface area (Å²) in [6.45, 7) is 4.81. The molecule has 2 aromatic rings. The Hall–Kier alpha value is -2.47. The van der Waals surface area contributed by atoms with Crippen molar-refractivity contribution in [1.29, 1.82) is 0 Å². The zero-order chi connectivity index (χ0) is 23.1. The number of hydrogen-bond acceptors (Lipinski definition) is 6. The van der Waals surface area contributed by atoms with E-state index in [-0.39, 0.29) is 32.7 Å². The van der Waals surface area contributed by atoms with Gasteiger partial charge in [-0.2, -0.15) is 4.31 Å². The maximum Gasteiger partial charge on any atom is 0.586 e. The number of sulfonamides is 1. The van der Waals surface area contributed by atoms with Crippen LogP contribution >= 0.6 is 11.6 Å². The number of carbonyl (C=O) groups excluding carboxylic acids is 1. The number of piperazine rings is 1. The van der Waals surface area contributed by atoms with Gasteiger partial charge in [-0.25, -0.2) is 8.42 Å². The minimum absolute atomic E-state index is 0.0459. The van der Waals surface area contributed by atoms with E-state index in [9.17, 15) is 22.0 Å². The minimum Gasteiger partial charge on any atom is -0.395 e. The molecule has 2 aromatic carbocycles. The number of nitrogens with one attached hydrogen (secondary N) is 1. The second-order valence-corrected chi connectivity index (χ2v) is 9.61. The minimum atomic E-state index is -3.81. The number of hydrogen-bond donors (Lipinski definition) is 1. The van der Waals surface area contributed by atoms with E-state index in [1.807, 2.05) is 6.92 Å². The quantitative estimate of drug-likeness (QED) is 0.696. The maximum atomic E-state index is 13.2. The van der Waals surface area contributed by atoms with Crippen LogP contribution in [0.15, 0.2) is 41.3 Å². The molecule has 2 heterocycles. The lowest BCUT2D eigenvalue weighted by Crippen LogP contribution is -2.48. The third-order valence-corrected chi connectivity index (χ3v) is 7.48. The molecule has 0 saturated carbocycles. The molecule has 0 aromatic heterocycles. The van der Waals surface area contributed by atoms with Gasteiger partial charge in [-0.05, 0) is 36.9 Å². The first-order valence-electron chi connectivity index (χ1n) is 9.82. The summed E-state index contributed by atoms with van der Waals surface area (Å²) in [7, 11) is -3.81. The third kappa shape index (κ3) is 4.51. The molecule has 0 unspecified atom stereocenters. The van der Waals surface area contributed by atoms with E-state index in [0.29, 0.717) is 26.2 Å². The van der Waals surface area contributed by atoms with Crippen LogP contribution in [-0.4, -0.2) is 62.5 Å². The molecule has 1 N–H and O–H groups in total. The number of likely N-dealkylation sites (N-methyl/N-ethyl adjacent to an activating group) is 1. The largest absolute Gasteiger partial charge is 0.586 e. The monoisotopic (exact) mass is 487 g/mol. The third-order valence-electron chi connectivity index (χ3n) is 5.26. The van der Waals surface area contributed by atoms with Crippen molar-refractivity contribution in [2.75, 3.05) is 38.0 Å². The van der Waals surface area contributed by atoms with Crippen molar-refractivity contribution in [3.05, 3.63) is 47.0 Å². The summed E-state index contributed by atoms with van der Waals surface area (Å²) >= 11 is 6.14. The molecule has 0 aliphatic carbocycles. The number of alkyl halides is 2.